The van der Waals surface area contributed by atoms with Crippen LogP contribution < -0.4 is 5.32 Å². The second-order valence-corrected chi connectivity index (χ2v) is 8.15. The maximum Gasteiger partial charge on any atom is 0.0724 e. The molecule has 5 heteroatoms. The van der Waals surface area contributed by atoms with Crippen LogP contribution in [0.4, 0.5) is 5.69 Å². The Labute approximate surface area is 166 Å². The molecule has 0 fully saturated rings. The fourth-order valence-corrected chi connectivity index (χ4v) is 2.43. The van der Waals surface area contributed by atoms with E-state index in [2.05, 4.69) is 93.2 Å². The lowest BCUT2D eigenvalue weighted by Gasteiger charge is -2.22. The van der Waals surface area contributed by atoms with Crippen molar-refractivity contribution in [2.75, 3.05) is 39.5 Å². The van der Waals surface area contributed by atoms with Gasteiger partial charge >= 0.3 is 0 Å². The molecule has 1 N–H and O–H groups in total. The van der Waals surface area contributed by atoms with Crippen LogP contribution in [0.3, 0.4) is 0 Å². The van der Waals surface area contributed by atoms with Crippen LogP contribution in [0.1, 0.15) is 39.7 Å². The predicted molar refractivity (Wildman–Crippen MR) is 117 cm³/mol. The molecular formula is C22H39N5. The molecule has 152 valence electrons. The third-order valence-electron chi connectivity index (χ3n) is 4.83. The summed E-state index contributed by atoms with van der Waals surface area (Å²) in [5, 5.41) is 14.2. The molecule has 0 aliphatic heterocycles. The maximum atomic E-state index is 4.37. The molecule has 5 nitrogen and oxygen atoms in total. The molecular weight excluding hydrogens is 334 g/mol. The highest BCUT2D eigenvalue weighted by molar-refractivity contribution is 5.47. The molecule has 1 unspecified atom stereocenters. The minimum absolute atomic E-state index is 0.220. The smallest absolute Gasteiger partial charge is 0.0724 e. The van der Waals surface area contributed by atoms with Crippen molar-refractivity contribution in [2.45, 2.75) is 52.6 Å². The normalized spacial score (nSPS) is 14.0. The van der Waals surface area contributed by atoms with Crippen molar-refractivity contribution in [3.8, 4) is 0 Å². The minimum atomic E-state index is 0.220. The van der Waals surface area contributed by atoms with E-state index in [4.69, 9.17) is 0 Å². The van der Waals surface area contributed by atoms with E-state index in [1.54, 1.807) is 0 Å². The molecule has 1 aromatic carbocycles. The summed E-state index contributed by atoms with van der Waals surface area (Å²) in [6, 6.07) is 9.19. The van der Waals surface area contributed by atoms with Crippen LogP contribution in [-0.4, -0.2) is 56.2 Å². The number of nitrogens with zero attached hydrogens (tertiary/aromatic N) is 4. The van der Waals surface area contributed by atoms with E-state index in [0.717, 1.165) is 37.2 Å². The van der Waals surface area contributed by atoms with Crippen molar-refractivity contribution in [2.24, 2.45) is 16.3 Å². The minimum Gasteiger partial charge on any atom is -0.379 e. The monoisotopic (exact) mass is 373 g/mol. The van der Waals surface area contributed by atoms with Gasteiger partial charge in [0.05, 0.1) is 6.04 Å². The van der Waals surface area contributed by atoms with Gasteiger partial charge in [0.2, 0.25) is 0 Å². The van der Waals surface area contributed by atoms with Gasteiger partial charge in [-0.15, -0.1) is 0 Å². The molecule has 0 aliphatic carbocycles. The van der Waals surface area contributed by atoms with E-state index < -0.39 is 0 Å². The lowest BCUT2D eigenvalue weighted by Crippen LogP contribution is -2.26. The molecule has 0 amide bonds. The quantitative estimate of drug-likeness (QED) is 0.322. The molecule has 0 aliphatic rings. The van der Waals surface area contributed by atoms with Crippen molar-refractivity contribution < 1.29 is 0 Å². The highest BCUT2D eigenvalue weighted by atomic mass is 15.5. The van der Waals surface area contributed by atoms with E-state index in [-0.39, 0.29) is 12.1 Å². The second-order valence-electron chi connectivity index (χ2n) is 8.15. The molecule has 2 atom stereocenters. The lowest BCUT2D eigenvalue weighted by molar-refractivity contribution is 0.304. The zero-order valence-electron chi connectivity index (χ0n) is 18.4. The van der Waals surface area contributed by atoms with Gasteiger partial charge in [0, 0.05) is 31.9 Å². The Bertz CT molecular complexity index is 577. The van der Waals surface area contributed by atoms with E-state index in [9.17, 15) is 0 Å². The van der Waals surface area contributed by atoms with Crippen LogP contribution in [0.2, 0.25) is 0 Å². The summed E-state index contributed by atoms with van der Waals surface area (Å²) in [7, 11) is 6.19. The largest absolute Gasteiger partial charge is 0.379 e. The van der Waals surface area contributed by atoms with Gasteiger partial charge in [-0.2, -0.15) is 5.11 Å². The van der Waals surface area contributed by atoms with Crippen molar-refractivity contribution in [3.05, 3.63) is 42.0 Å². The number of anilines is 1. The van der Waals surface area contributed by atoms with Crippen LogP contribution in [0, 0.1) is 5.92 Å². The van der Waals surface area contributed by atoms with Crippen LogP contribution in [-0.2, 0) is 6.42 Å². The highest BCUT2D eigenvalue weighted by Crippen LogP contribution is 2.16. The first kappa shape index (κ1) is 23.2. The van der Waals surface area contributed by atoms with Crippen molar-refractivity contribution in [1.82, 2.24) is 9.91 Å². The third-order valence-corrected chi connectivity index (χ3v) is 4.83. The summed E-state index contributed by atoms with van der Waals surface area (Å²) in [6.45, 7) is 14.6. The number of hydrogen-bond donors (Lipinski definition) is 1. The van der Waals surface area contributed by atoms with Gasteiger partial charge in [0.15, 0.2) is 0 Å². The molecule has 0 aromatic heterocycles. The third kappa shape index (κ3) is 9.57. The average molecular weight is 374 g/mol. The zero-order chi connectivity index (χ0) is 20.4. The summed E-state index contributed by atoms with van der Waals surface area (Å²) in [4.78, 5) is 2.21. The van der Waals surface area contributed by atoms with Crippen LogP contribution >= 0.6 is 0 Å². The number of likely N-dealkylation sites (N-methyl/N-ethyl adjacent to an activating group) is 1. The first-order valence-corrected chi connectivity index (χ1v) is 9.96. The van der Waals surface area contributed by atoms with E-state index in [0.29, 0.717) is 5.92 Å². The highest BCUT2D eigenvalue weighted by Gasteiger charge is 2.11. The summed E-state index contributed by atoms with van der Waals surface area (Å²) >= 11 is 0. The Morgan fingerprint density at radius 3 is 2.22 bits per heavy atom. The average Bonchev–Trinajstić information content (AvgIpc) is 2.61. The Balaban J connectivity index is 2.55. The number of nitrogens with one attached hydrogen (secondary N) is 1. The van der Waals surface area contributed by atoms with Gasteiger partial charge in [-0.05, 0) is 64.4 Å². The van der Waals surface area contributed by atoms with Crippen molar-refractivity contribution in [1.29, 1.82) is 0 Å². The zero-order valence-corrected chi connectivity index (χ0v) is 18.4. The SMILES string of the molecule is C=C(C)C(CCN(C)/N=N\[C@@H](C)C(C)C)Nc1ccc(CCN(C)C)cc1. The van der Waals surface area contributed by atoms with Crippen LogP contribution in [0.5, 0.6) is 0 Å². The molecule has 0 bridgehead atoms. The summed E-state index contributed by atoms with van der Waals surface area (Å²) in [5.74, 6) is 0.507. The topological polar surface area (TPSA) is 43.2 Å². The molecule has 1 rings (SSSR count). The molecule has 0 saturated carbocycles. The molecule has 0 spiro atoms. The molecule has 27 heavy (non-hydrogen) atoms. The molecule has 1 aromatic rings. The Morgan fingerprint density at radius 1 is 1.07 bits per heavy atom. The summed E-state index contributed by atoms with van der Waals surface area (Å²) in [5.41, 5.74) is 3.63. The second kappa shape index (κ2) is 11.8. The number of benzene rings is 1. The fourth-order valence-electron chi connectivity index (χ4n) is 2.43. The standard InChI is InChI=1S/C22H39N5/c1-17(2)19(5)24-25-27(8)16-14-22(18(3)4)23-21-11-9-20(10-12-21)13-15-26(6)7/h9-12,17,19,22-23H,3,13-16H2,1-2,4-8H3/b25-24-/t19-,22?/m0/s1. The summed E-state index contributed by atoms with van der Waals surface area (Å²) in [6.07, 6.45) is 2.01. The lowest BCUT2D eigenvalue weighted by atomic mass is 10.1. The van der Waals surface area contributed by atoms with E-state index in [1.807, 2.05) is 12.1 Å². The van der Waals surface area contributed by atoms with Crippen LogP contribution in [0.25, 0.3) is 0 Å². The predicted octanol–water partition coefficient (Wildman–Crippen LogP) is 4.88. The molecule has 0 saturated heterocycles. The first-order chi connectivity index (χ1) is 12.7. The maximum absolute atomic E-state index is 4.37. The fraction of sp³-hybridized carbons (Fsp3) is 0.636. The van der Waals surface area contributed by atoms with Crippen molar-refractivity contribution >= 4 is 5.69 Å². The first-order valence-electron chi connectivity index (χ1n) is 9.96. The Morgan fingerprint density at radius 2 is 1.70 bits per heavy atom. The number of rotatable bonds is 12. The van der Waals surface area contributed by atoms with Gasteiger partial charge in [-0.1, -0.05) is 43.4 Å². The van der Waals surface area contributed by atoms with Gasteiger partial charge < -0.3 is 10.2 Å². The van der Waals surface area contributed by atoms with Gasteiger partial charge in [0.25, 0.3) is 0 Å². The molecule has 0 heterocycles. The van der Waals surface area contributed by atoms with E-state index in [1.165, 1.54) is 5.56 Å². The number of hydrogen-bond acceptors (Lipinski definition) is 4. The van der Waals surface area contributed by atoms with Crippen molar-refractivity contribution in [3.63, 3.8) is 0 Å². The Kier molecular flexibility index (Phi) is 10.1. The van der Waals surface area contributed by atoms with Gasteiger partial charge in [-0.25, -0.2) is 0 Å². The molecule has 0 radical (unpaired) electrons. The van der Waals surface area contributed by atoms with Crippen LogP contribution in [0.15, 0.2) is 46.8 Å². The van der Waals surface area contributed by atoms with E-state index >= 15 is 0 Å². The van der Waals surface area contributed by atoms with Gasteiger partial charge in [-0.3, -0.25) is 5.01 Å². The summed E-state index contributed by atoms with van der Waals surface area (Å²) < 4.78 is 0. The van der Waals surface area contributed by atoms with Gasteiger partial charge in [0.1, 0.15) is 0 Å². The Hall–Kier alpha value is -1.88.